The third-order valence-corrected chi connectivity index (χ3v) is 1.70. The van der Waals surface area contributed by atoms with Gasteiger partial charge in [0.15, 0.2) is 0 Å². The molecule has 1 aromatic rings. The smallest absolute Gasteiger partial charge is 0.122 e. The number of hydrogen-bond acceptors (Lipinski definition) is 1. The summed E-state index contributed by atoms with van der Waals surface area (Å²) in [5.74, 6) is 0.262. The Bertz CT molecular complexity index is 255. The van der Waals surface area contributed by atoms with Gasteiger partial charge in [0.05, 0.1) is 0 Å². The van der Waals surface area contributed by atoms with Crippen molar-refractivity contribution in [3.8, 4) is 5.75 Å². The minimum atomic E-state index is 0.262. The van der Waals surface area contributed by atoms with Crippen LogP contribution in [0.2, 0.25) is 0 Å². The highest BCUT2D eigenvalue weighted by atomic mass is 79.9. The maximum absolute atomic E-state index is 9.14. The van der Waals surface area contributed by atoms with Gasteiger partial charge in [-0.1, -0.05) is 28.6 Å². The molecule has 10 heavy (non-hydrogen) atoms. The molecule has 0 aliphatic heterocycles. The van der Waals surface area contributed by atoms with Gasteiger partial charge < -0.3 is 5.11 Å². The van der Waals surface area contributed by atoms with E-state index in [9.17, 15) is 0 Å². The van der Waals surface area contributed by atoms with E-state index in [0.717, 1.165) is 10.0 Å². The summed E-state index contributed by atoms with van der Waals surface area (Å²) in [4.78, 5) is 0. The molecule has 0 aliphatic carbocycles. The van der Waals surface area contributed by atoms with E-state index in [0.29, 0.717) is 0 Å². The van der Waals surface area contributed by atoms with Crippen molar-refractivity contribution in [1.82, 2.24) is 0 Å². The molecule has 0 saturated heterocycles. The first-order valence-electron chi connectivity index (χ1n) is 2.85. The van der Waals surface area contributed by atoms with Gasteiger partial charge in [0.25, 0.3) is 0 Å². The van der Waals surface area contributed by atoms with Crippen LogP contribution in [0, 0.1) is 0 Å². The Hall–Kier alpha value is -0.760. The second-order valence-electron chi connectivity index (χ2n) is 1.91. The molecule has 0 spiro atoms. The molecule has 1 rings (SSSR count). The number of phenols is 1. The molecule has 0 aliphatic rings. The maximum atomic E-state index is 9.14. The van der Waals surface area contributed by atoms with E-state index in [4.69, 9.17) is 5.11 Å². The van der Waals surface area contributed by atoms with Crippen LogP contribution in [0.25, 0.3) is 6.08 Å². The Balaban J connectivity index is 3.21. The molecule has 0 saturated carbocycles. The van der Waals surface area contributed by atoms with E-state index in [-0.39, 0.29) is 5.75 Å². The summed E-state index contributed by atoms with van der Waals surface area (Å²) in [5, 5.41) is 9.14. The topological polar surface area (TPSA) is 20.2 Å². The zero-order chi connectivity index (χ0) is 7.56. The molecule has 0 radical (unpaired) electrons. The van der Waals surface area contributed by atoms with Crippen molar-refractivity contribution in [3.05, 3.63) is 34.8 Å². The normalized spacial score (nSPS) is 9.30. The van der Waals surface area contributed by atoms with Crippen molar-refractivity contribution in [3.63, 3.8) is 0 Å². The number of phenolic OH excluding ortho intramolecular Hbond substituents is 1. The minimum absolute atomic E-state index is 0.262. The fourth-order valence-electron chi connectivity index (χ4n) is 0.689. The van der Waals surface area contributed by atoms with Crippen LogP contribution in [-0.2, 0) is 0 Å². The molecular formula is C8H7BrO. The lowest BCUT2D eigenvalue weighted by Gasteiger charge is -1.97. The molecule has 1 aromatic carbocycles. The van der Waals surface area contributed by atoms with Crippen LogP contribution < -0.4 is 0 Å². The predicted octanol–water partition coefficient (Wildman–Crippen LogP) is 2.80. The van der Waals surface area contributed by atoms with Gasteiger partial charge >= 0.3 is 0 Å². The fraction of sp³-hybridized carbons (Fsp3) is 0. The molecular weight excluding hydrogens is 192 g/mol. The lowest BCUT2D eigenvalue weighted by molar-refractivity contribution is 0.474. The molecule has 0 fully saturated rings. The summed E-state index contributed by atoms with van der Waals surface area (Å²) in [6.07, 6.45) is 1.61. The molecule has 0 heterocycles. The highest BCUT2D eigenvalue weighted by molar-refractivity contribution is 9.10. The van der Waals surface area contributed by atoms with Gasteiger partial charge in [-0.25, -0.2) is 0 Å². The number of halogens is 1. The molecule has 52 valence electrons. The maximum Gasteiger partial charge on any atom is 0.122 e. The summed E-state index contributed by atoms with van der Waals surface area (Å²) in [6.45, 7) is 3.55. The van der Waals surface area contributed by atoms with Crippen molar-refractivity contribution in [2.75, 3.05) is 0 Å². The highest BCUT2D eigenvalue weighted by Gasteiger charge is 1.95. The lowest BCUT2D eigenvalue weighted by Crippen LogP contribution is -1.72. The largest absolute Gasteiger partial charge is 0.507 e. The first-order valence-corrected chi connectivity index (χ1v) is 3.64. The predicted molar refractivity (Wildman–Crippen MR) is 45.9 cm³/mol. The molecule has 0 unspecified atom stereocenters. The van der Waals surface area contributed by atoms with E-state index >= 15 is 0 Å². The Morgan fingerprint density at radius 2 is 2.20 bits per heavy atom. The fourth-order valence-corrected chi connectivity index (χ4v) is 1.07. The van der Waals surface area contributed by atoms with Crippen molar-refractivity contribution in [2.45, 2.75) is 0 Å². The average molecular weight is 199 g/mol. The lowest BCUT2D eigenvalue weighted by atomic mass is 10.2. The van der Waals surface area contributed by atoms with Gasteiger partial charge in [0.1, 0.15) is 5.75 Å². The second-order valence-corrected chi connectivity index (χ2v) is 2.82. The number of benzene rings is 1. The molecule has 1 nitrogen and oxygen atoms in total. The molecule has 2 heteroatoms. The first kappa shape index (κ1) is 7.35. The van der Waals surface area contributed by atoms with Crippen LogP contribution in [0.5, 0.6) is 5.75 Å². The molecule has 0 atom stereocenters. The molecule has 1 N–H and O–H groups in total. The van der Waals surface area contributed by atoms with E-state index in [1.54, 1.807) is 18.2 Å². The number of rotatable bonds is 1. The van der Waals surface area contributed by atoms with Gasteiger partial charge in [-0.15, -0.1) is 0 Å². The monoisotopic (exact) mass is 198 g/mol. The summed E-state index contributed by atoms with van der Waals surface area (Å²) < 4.78 is 0.945. The van der Waals surface area contributed by atoms with E-state index < -0.39 is 0 Å². The zero-order valence-electron chi connectivity index (χ0n) is 5.34. The Kier molecular flexibility index (Phi) is 2.12. The van der Waals surface area contributed by atoms with Crippen LogP contribution in [0.4, 0.5) is 0 Å². The Morgan fingerprint density at radius 3 is 2.70 bits per heavy atom. The summed E-state index contributed by atoms with van der Waals surface area (Å²) in [6, 6.07) is 5.21. The number of aromatic hydroxyl groups is 1. The summed E-state index contributed by atoms with van der Waals surface area (Å²) in [7, 11) is 0. The standard InChI is InChI=1S/C8H7BrO/c1-2-6-5-7(9)3-4-8(6)10/h2-5,10H,1H2. The van der Waals surface area contributed by atoms with Gasteiger partial charge in [0, 0.05) is 10.0 Å². The Morgan fingerprint density at radius 1 is 1.50 bits per heavy atom. The van der Waals surface area contributed by atoms with Crippen LogP contribution in [-0.4, -0.2) is 5.11 Å². The van der Waals surface area contributed by atoms with Gasteiger partial charge in [-0.2, -0.15) is 0 Å². The molecule has 0 amide bonds. The SMILES string of the molecule is C=Cc1cc(Br)ccc1O. The van der Waals surface area contributed by atoms with Gasteiger partial charge in [-0.05, 0) is 18.2 Å². The Labute approximate surface area is 68.1 Å². The van der Waals surface area contributed by atoms with E-state index in [1.165, 1.54) is 0 Å². The van der Waals surface area contributed by atoms with E-state index in [1.807, 2.05) is 6.07 Å². The average Bonchev–Trinajstić information content (AvgIpc) is 1.94. The quantitative estimate of drug-likeness (QED) is 0.737. The summed E-state index contributed by atoms with van der Waals surface area (Å²) >= 11 is 3.28. The third-order valence-electron chi connectivity index (χ3n) is 1.21. The highest BCUT2D eigenvalue weighted by Crippen LogP contribution is 2.22. The van der Waals surface area contributed by atoms with Crippen LogP contribution >= 0.6 is 15.9 Å². The van der Waals surface area contributed by atoms with Crippen LogP contribution in [0.1, 0.15) is 5.56 Å². The summed E-state index contributed by atoms with van der Waals surface area (Å²) in [5.41, 5.74) is 0.745. The van der Waals surface area contributed by atoms with Crippen molar-refractivity contribution < 1.29 is 5.11 Å². The van der Waals surface area contributed by atoms with Crippen LogP contribution in [0.3, 0.4) is 0 Å². The minimum Gasteiger partial charge on any atom is -0.507 e. The zero-order valence-corrected chi connectivity index (χ0v) is 6.93. The number of hydrogen-bond donors (Lipinski definition) is 1. The van der Waals surface area contributed by atoms with Crippen LogP contribution in [0.15, 0.2) is 29.3 Å². The van der Waals surface area contributed by atoms with Gasteiger partial charge in [0.2, 0.25) is 0 Å². The first-order chi connectivity index (χ1) is 4.74. The second kappa shape index (κ2) is 2.88. The van der Waals surface area contributed by atoms with Gasteiger partial charge in [-0.3, -0.25) is 0 Å². The van der Waals surface area contributed by atoms with E-state index in [2.05, 4.69) is 22.5 Å². The molecule has 0 bridgehead atoms. The van der Waals surface area contributed by atoms with Crippen molar-refractivity contribution in [2.24, 2.45) is 0 Å². The third kappa shape index (κ3) is 1.39. The molecule has 0 aromatic heterocycles. The van der Waals surface area contributed by atoms with Crippen molar-refractivity contribution in [1.29, 1.82) is 0 Å². The van der Waals surface area contributed by atoms with Crippen molar-refractivity contribution >= 4 is 22.0 Å².